The molecule has 0 fully saturated rings. The molecule has 4 heteroatoms. The summed E-state index contributed by atoms with van der Waals surface area (Å²) in [6.45, 7) is 6.82. The standard InChI is InChI=1S/C17H26N4/c1-5-13(3)11-15(6-2)19-16-9-7-14(8-10-16)17-20-18-12-21(17)4/h7-10,12-13,15,19H,5-6,11H2,1-4H3. The summed E-state index contributed by atoms with van der Waals surface area (Å²) in [5.41, 5.74) is 2.27. The third-order valence-electron chi connectivity index (χ3n) is 4.10. The maximum Gasteiger partial charge on any atom is 0.163 e. The van der Waals surface area contributed by atoms with Gasteiger partial charge in [0.1, 0.15) is 6.33 Å². The molecule has 21 heavy (non-hydrogen) atoms. The van der Waals surface area contributed by atoms with Crippen LogP contribution in [0.2, 0.25) is 0 Å². The van der Waals surface area contributed by atoms with Gasteiger partial charge in [0.2, 0.25) is 0 Å². The van der Waals surface area contributed by atoms with Gasteiger partial charge in [0, 0.05) is 24.3 Å². The molecule has 2 atom stereocenters. The largest absolute Gasteiger partial charge is 0.382 e. The predicted octanol–water partition coefficient (Wildman–Crippen LogP) is 4.11. The quantitative estimate of drug-likeness (QED) is 0.833. The molecule has 1 heterocycles. The highest BCUT2D eigenvalue weighted by molar-refractivity contribution is 5.59. The average Bonchev–Trinajstić information content (AvgIpc) is 2.93. The fourth-order valence-corrected chi connectivity index (χ4v) is 2.48. The summed E-state index contributed by atoms with van der Waals surface area (Å²) in [5.74, 6) is 1.66. The number of aryl methyl sites for hydroxylation is 1. The van der Waals surface area contributed by atoms with Crippen LogP contribution >= 0.6 is 0 Å². The van der Waals surface area contributed by atoms with Crippen LogP contribution in [0, 0.1) is 5.92 Å². The Morgan fingerprint density at radius 2 is 1.86 bits per heavy atom. The summed E-state index contributed by atoms with van der Waals surface area (Å²) in [6.07, 6.45) is 5.33. The van der Waals surface area contributed by atoms with Gasteiger partial charge in [-0.05, 0) is 43.0 Å². The smallest absolute Gasteiger partial charge is 0.163 e. The second kappa shape index (κ2) is 7.25. The average molecular weight is 286 g/mol. The molecule has 0 aliphatic heterocycles. The lowest BCUT2D eigenvalue weighted by atomic mass is 9.97. The minimum Gasteiger partial charge on any atom is -0.382 e. The first-order valence-electron chi connectivity index (χ1n) is 7.85. The van der Waals surface area contributed by atoms with E-state index in [9.17, 15) is 0 Å². The maximum atomic E-state index is 4.14. The molecular formula is C17H26N4. The second-order valence-electron chi connectivity index (χ2n) is 5.84. The molecule has 0 radical (unpaired) electrons. The SMILES string of the molecule is CCC(C)CC(CC)Nc1ccc(-c2nncn2C)cc1. The molecule has 2 rings (SSSR count). The molecule has 0 bridgehead atoms. The highest BCUT2D eigenvalue weighted by Gasteiger charge is 2.11. The number of hydrogen-bond donors (Lipinski definition) is 1. The van der Waals surface area contributed by atoms with Crippen molar-refractivity contribution in [3.05, 3.63) is 30.6 Å². The number of rotatable bonds is 7. The van der Waals surface area contributed by atoms with Gasteiger partial charge in [-0.25, -0.2) is 0 Å². The fourth-order valence-electron chi connectivity index (χ4n) is 2.48. The lowest BCUT2D eigenvalue weighted by Crippen LogP contribution is -2.21. The molecule has 1 N–H and O–H groups in total. The van der Waals surface area contributed by atoms with Crippen molar-refractivity contribution >= 4 is 5.69 Å². The van der Waals surface area contributed by atoms with Crippen LogP contribution in [-0.2, 0) is 7.05 Å². The van der Waals surface area contributed by atoms with Crippen molar-refractivity contribution in [2.24, 2.45) is 13.0 Å². The Balaban J connectivity index is 2.03. The van der Waals surface area contributed by atoms with E-state index in [4.69, 9.17) is 0 Å². The molecule has 2 unspecified atom stereocenters. The van der Waals surface area contributed by atoms with E-state index in [0.29, 0.717) is 6.04 Å². The molecule has 0 saturated carbocycles. The maximum absolute atomic E-state index is 4.14. The molecule has 4 nitrogen and oxygen atoms in total. The summed E-state index contributed by atoms with van der Waals surface area (Å²) in [7, 11) is 1.96. The first-order chi connectivity index (χ1) is 10.1. The monoisotopic (exact) mass is 286 g/mol. The highest BCUT2D eigenvalue weighted by Crippen LogP contribution is 2.21. The van der Waals surface area contributed by atoms with Crippen LogP contribution in [0.1, 0.15) is 40.0 Å². The Morgan fingerprint density at radius 3 is 2.38 bits per heavy atom. The topological polar surface area (TPSA) is 42.7 Å². The zero-order valence-electron chi connectivity index (χ0n) is 13.5. The summed E-state index contributed by atoms with van der Waals surface area (Å²) in [5, 5.41) is 11.7. The van der Waals surface area contributed by atoms with Gasteiger partial charge in [-0.1, -0.05) is 27.2 Å². The molecule has 1 aromatic heterocycles. The number of aromatic nitrogens is 3. The molecule has 2 aromatic rings. The van der Waals surface area contributed by atoms with Gasteiger partial charge in [-0.3, -0.25) is 0 Å². The van der Waals surface area contributed by atoms with E-state index in [1.165, 1.54) is 18.5 Å². The van der Waals surface area contributed by atoms with E-state index < -0.39 is 0 Å². The third kappa shape index (κ3) is 4.06. The van der Waals surface area contributed by atoms with Gasteiger partial charge in [-0.15, -0.1) is 10.2 Å². The number of hydrogen-bond acceptors (Lipinski definition) is 3. The van der Waals surface area contributed by atoms with Crippen molar-refractivity contribution in [2.75, 3.05) is 5.32 Å². The zero-order valence-corrected chi connectivity index (χ0v) is 13.5. The molecular weight excluding hydrogens is 260 g/mol. The van der Waals surface area contributed by atoms with Crippen LogP contribution in [0.4, 0.5) is 5.69 Å². The Bertz CT molecular complexity index is 544. The minimum atomic E-state index is 0.542. The lowest BCUT2D eigenvalue weighted by Gasteiger charge is -2.21. The molecule has 0 saturated heterocycles. The van der Waals surface area contributed by atoms with Crippen molar-refractivity contribution in [3.8, 4) is 11.4 Å². The first kappa shape index (κ1) is 15.5. The molecule has 1 aromatic carbocycles. The summed E-state index contributed by atoms with van der Waals surface area (Å²) >= 11 is 0. The number of nitrogens with one attached hydrogen (secondary N) is 1. The first-order valence-corrected chi connectivity index (χ1v) is 7.85. The number of anilines is 1. The Hall–Kier alpha value is -1.84. The highest BCUT2D eigenvalue weighted by atomic mass is 15.2. The van der Waals surface area contributed by atoms with E-state index in [2.05, 4.69) is 60.6 Å². The predicted molar refractivity (Wildman–Crippen MR) is 88.2 cm³/mol. The van der Waals surface area contributed by atoms with Gasteiger partial charge in [0.15, 0.2) is 5.82 Å². The van der Waals surface area contributed by atoms with Crippen LogP contribution in [-0.4, -0.2) is 20.8 Å². The van der Waals surface area contributed by atoms with Crippen LogP contribution in [0.5, 0.6) is 0 Å². The van der Waals surface area contributed by atoms with Gasteiger partial charge >= 0.3 is 0 Å². The van der Waals surface area contributed by atoms with Crippen LogP contribution in [0.25, 0.3) is 11.4 Å². The normalized spacial score (nSPS) is 13.9. The molecule has 0 amide bonds. The van der Waals surface area contributed by atoms with Crippen LogP contribution in [0.15, 0.2) is 30.6 Å². The van der Waals surface area contributed by atoms with Crippen molar-refractivity contribution < 1.29 is 0 Å². The van der Waals surface area contributed by atoms with E-state index in [1.54, 1.807) is 6.33 Å². The fraction of sp³-hybridized carbons (Fsp3) is 0.529. The van der Waals surface area contributed by atoms with Crippen molar-refractivity contribution in [2.45, 2.75) is 46.1 Å². The van der Waals surface area contributed by atoms with Crippen LogP contribution in [0.3, 0.4) is 0 Å². The molecule has 0 aliphatic rings. The lowest BCUT2D eigenvalue weighted by molar-refractivity contribution is 0.462. The third-order valence-corrected chi connectivity index (χ3v) is 4.10. The van der Waals surface area contributed by atoms with Gasteiger partial charge in [0.05, 0.1) is 0 Å². The van der Waals surface area contributed by atoms with Crippen molar-refractivity contribution in [1.29, 1.82) is 0 Å². The summed E-state index contributed by atoms with van der Waals surface area (Å²) < 4.78 is 1.93. The Labute approximate surface area is 127 Å². The zero-order chi connectivity index (χ0) is 15.2. The minimum absolute atomic E-state index is 0.542. The Kier molecular flexibility index (Phi) is 5.37. The summed E-state index contributed by atoms with van der Waals surface area (Å²) in [6, 6.07) is 9.00. The van der Waals surface area contributed by atoms with Crippen molar-refractivity contribution in [3.63, 3.8) is 0 Å². The second-order valence-corrected chi connectivity index (χ2v) is 5.84. The summed E-state index contributed by atoms with van der Waals surface area (Å²) in [4.78, 5) is 0. The molecule has 114 valence electrons. The van der Waals surface area contributed by atoms with E-state index in [0.717, 1.165) is 23.7 Å². The van der Waals surface area contributed by atoms with Gasteiger partial charge in [0.25, 0.3) is 0 Å². The van der Waals surface area contributed by atoms with E-state index >= 15 is 0 Å². The van der Waals surface area contributed by atoms with Gasteiger partial charge in [-0.2, -0.15) is 0 Å². The van der Waals surface area contributed by atoms with Crippen molar-refractivity contribution in [1.82, 2.24) is 14.8 Å². The number of benzene rings is 1. The Morgan fingerprint density at radius 1 is 1.14 bits per heavy atom. The number of nitrogens with zero attached hydrogens (tertiary/aromatic N) is 3. The van der Waals surface area contributed by atoms with Gasteiger partial charge < -0.3 is 9.88 Å². The molecule has 0 spiro atoms. The van der Waals surface area contributed by atoms with E-state index in [-0.39, 0.29) is 0 Å². The van der Waals surface area contributed by atoms with E-state index in [1.807, 2.05) is 11.6 Å². The molecule has 0 aliphatic carbocycles. The van der Waals surface area contributed by atoms with Crippen LogP contribution < -0.4 is 5.32 Å².